The molecule has 0 amide bonds. The number of hydrogen-bond donors (Lipinski definition) is 7. The molecule has 12 unspecified atom stereocenters. The van der Waals surface area contributed by atoms with E-state index in [9.17, 15) is 50.1 Å². The molecule has 1 saturated heterocycles. The second-order valence-corrected chi connectivity index (χ2v) is 15.9. The van der Waals surface area contributed by atoms with Gasteiger partial charge in [-0.3, -0.25) is 14.4 Å². The minimum absolute atomic E-state index is 0.111. The molecule has 12 atom stereocenters. The normalized spacial score (nSPS) is 39.4. The van der Waals surface area contributed by atoms with E-state index in [1.165, 1.54) is 26.0 Å². The number of rotatable bonds is 8. The number of phenolic OH excluding ortho intramolecular Hbond substituents is 1. The average molecular weight is 703 g/mol. The highest BCUT2D eigenvalue weighted by Gasteiger charge is 2.73. The molecule has 3 fully saturated rings. The Morgan fingerprint density at radius 1 is 1.06 bits per heavy atom. The summed E-state index contributed by atoms with van der Waals surface area (Å²) in [7, 11) is 0. The first kappa shape index (κ1) is 38.1. The SMILES string of the molecule is CC(=O)OC(C)(C)C=CC(=O)C(C)(O)C1C(O)CC2(C)C3C=Cc4c(cc(OC5OC(CO)C(O)C(O)C5O)c(O)c4C)C3(C)C(=O)CC12C. The topological polar surface area (TPSA) is 221 Å². The van der Waals surface area contributed by atoms with Gasteiger partial charge in [-0.2, -0.15) is 0 Å². The number of esters is 1. The first-order chi connectivity index (χ1) is 23.0. The predicted octanol–water partition coefficient (Wildman–Crippen LogP) is 1.36. The lowest BCUT2D eigenvalue weighted by Crippen LogP contribution is -2.62. The molecule has 0 bridgehead atoms. The fraction of sp³-hybridized carbons (Fsp3) is 0.649. The number of phenols is 1. The van der Waals surface area contributed by atoms with Crippen molar-refractivity contribution >= 4 is 23.6 Å². The summed E-state index contributed by atoms with van der Waals surface area (Å²) in [5.41, 5.74) is -4.95. The number of ether oxygens (including phenoxy) is 3. The number of aromatic hydroxyl groups is 1. The number of allylic oxidation sites excluding steroid dienone is 1. The monoisotopic (exact) mass is 702 g/mol. The molecule has 5 rings (SSSR count). The van der Waals surface area contributed by atoms with Crippen LogP contribution < -0.4 is 4.74 Å². The Morgan fingerprint density at radius 2 is 1.70 bits per heavy atom. The molecule has 0 radical (unpaired) electrons. The summed E-state index contributed by atoms with van der Waals surface area (Å²) in [5.74, 6) is -3.55. The van der Waals surface area contributed by atoms with E-state index in [4.69, 9.17) is 14.2 Å². The lowest BCUT2D eigenvalue weighted by atomic mass is 9.42. The first-order valence-electron chi connectivity index (χ1n) is 16.9. The highest BCUT2D eigenvalue weighted by atomic mass is 16.7. The Labute approximate surface area is 291 Å². The van der Waals surface area contributed by atoms with Gasteiger partial charge in [0.25, 0.3) is 0 Å². The predicted molar refractivity (Wildman–Crippen MR) is 178 cm³/mol. The Balaban J connectivity index is 1.53. The van der Waals surface area contributed by atoms with Crippen molar-refractivity contribution < 1.29 is 64.3 Å². The molecule has 1 aromatic carbocycles. The van der Waals surface area contributed by atoms with Crippen LogP contribution in [-0.4, -0.2) is 108 Å². The second kappa shape index (κ2) is 12.5. The minimum Gasteiger partial charge on any atom is -0.504 e. The Hall–Kier alpha value is -3.17. The first-order valence-corrected chi connectivity index (χ1v) is 16.9. The molecule has 1 aromatic rings. The quantitative estimate of drug-likeness (QED) is 0.151. The Morgan fingerprint density at radius 3 is 2.30 bits per heavy atom. The molecule has 7 N–H and O–H groups in total. The maximum absolute atomic E-state index is 14.6. The van der Waals surface area contributed by atoms with Gasteiger partial charge in [-0.15, -0.1) is 0 Å². The van der Waals surface area contributed by atoms with Crippen LogP contribution in [0.15, 0.2) is 24.3 Å². The highest BCUT2D eigenvalue weighted by molar-refractivity contribution is 5.98. The largest absolute Gasteiger partial charge is 0.504 e. The smallest absolute Gasteiger partial charge is 0.303 e. The van der Waals surface area contributed by atoms with Crippen LogP contribution in [0.5, 0.6) is 11.5 Å². The summed E-state index contributed by atoms with van der Waals surface area (Å²) in [6.07, 6.45) is -2.83. The molecule has 1 heterocycles. The maximum Gasteiger partial charge on any atom is 0.303 e. The number of ketones is 2. The van der Waals surface area contributed by atoms with Crippen LogP contribution in [0.4, 0.5) is 0 Å². The van der Waals surface area contributed by atoms with Gasteiger partial charge in [0.1, 0.15) is 41.4 Å². The molecule has 3 aliphatic carbocycles. The van der Waals surface area contributed by atoms with Gasteiger partial charge in [-0.1, -0.05) is 26.0 Å². The van der Waals surface area contributed by atoms with E-state index >= 15 is 0 Å². The van der Waals surface area contributed by atoms with Crippen LogP contribution >= 0.6 is 0 Å². The van der Waals surface area contributed by atoms with Gasteiger partial charge in [0.2, 0.25) is 6.29 Å². The van der Waals surface area contributed by atoms with Crippen LogP contribution in [-0.2, 0) is 29.3 Å². The van der Waals surface area contributed by atoms with Gasteiger partial charge in [-0.25, -0.2) is 0 Å². The summed E-state index contributed by atoms with van der Waals surface area (Å²) in [6.45, 7) is 12.3. The van der Waals surface area contributed by atoms with Crippen molar-refractivity contribution in [2.24, 2.45) is 22.7 Å². The van der Waals surface area contributed by atoms with Crippen LogP contribution in [0.3, 0.4) is 0 Å². The summed E-state index contributed by atoms with van der Waals surface area (Å²) in [5, 5.41) is 75.5. The van der Waals surface area contributed by atoms with E-state index in [1.54, 1.807) is 33.8 Å². The van der Waals surface area contributed by atoms with E-state index < -0.39 is 94.5 Å². The van der Waals surface area contributed by atoms with Crippen molar-refractivity contribution in [3.8, 4) is 11.5 Å². The summed E-state index contributed by atoms with van der Waals surface area (Å²) in [4.78, 5) is 39.8. The van der Waals surface area contributed by atoms with Gasteiger partial charge in [0.15, 0.2) is 17.3 Å². The van der Waals surface area contributed by atoms with E-state index in [2.05, 4.69) is 0 Å². The van der Waals surface area contributed by atoms with Gasteiger partial charge in [0, 0.05) is 24.8 Å². The molecular formula is C37H50O13. The van der Waals surface area contributed by atoms with Crippen molar-refractivity contribution in [1.82, 2.24) is 0 Å². The molecule has 1 aliphatic heterocycles. The van der Waals surface area contributed by atoms with Crippen molar-refractivity contribution in [1.29, 1.82) is 0 Å². The summed E-state index contributed by atoms with van der Waals surface area (Å²) >= 11 is 0. The summed E-state index contributed by atoms with van der Waals surface area (Å²) < 4.78 is 16.6. The number of carbonyl (C=O) groups is 3. The Bertz CT molecular complexity index is 1630. The second-order valence-electron chi connectivity index (χ2n) is 15.9. The number of fused-ring (bicyclic) bond motifs is 5. The maximum atomic E-state index is 14.6. The van der Waals surface area contributed by atoms with E-state index in [1.807, 2.05) is 19.9 Å². The van der Waals surface area contributed by atoms with E-state index in [0.717, 1.165) is 6.08 Å². The van der Waals surface area contributed by atoms with Gasteiger partial charge >= 0.3 is 5.97 Å². The third-order valence-corrected chi connectivity index (χ3v) is 12.2. The molecule has 0 aromatic heterocycles. The third kappa shape index (κ3) is 5.62. The standard InChI is InChI=1S/C37H50O13/c1-17-19-9-10-24-34(5)14-21(40)31(37(8,47)25(41)11-12-33(3,4)50-18(2)39)35(34,6)15-26(42)36(24,7)20(19)13-22(27(17)43)48-32-30(46)29(45)28(44)23(16-38)49-32/h9-13,21,23-24,28-32,38,40,43-47H,14-16H2,1-8H3. The highest BCUT2D eigenvalue weighted by Crippen LogP contribution is 2.71. The van der Waals surface area contributed by atoms with Gasteiger partial charge < -0.3 is 50.0 Å². The fourth-order valence-electron chi connectivity index (χ4n) is 9.42. The number of hydrogen-bond acceptors (Lipinski definition) is 13. The molecule has 13 heteroatoms. The molecule has 2 saturated carbocycles. The lowest BCUT2D eigenvalue weighted by Gasteiger charge is -2.60. The number of Topliss-reactive ketones (excluding diaryl/α,β-unsaturated/α-hetero) is 1. The van der Waals surface area contributed by atoms with Crippen LogP contribution in [0.2, 0.25) is 0 Å². The van der Waals surface area contributed by atoms with Crippen molar-refractivity contribution in [3.05, 3.63) is 41.0 Å². The number of carbonyl (C=O) groups excluding carboxylic acids is 3. The lowest BCUT2D eigenvalue weighted by molar-refractivity contribution is -0.277. The van der Waals surface area contributed by atoms with Gasteiger partial charge in [-0.05, 0) is 87.1 Å². The number of benzene rings is 1. The average Bonchev–Trinajstić information content (AvgIpc) is 3.22. The molecule has 4 aliphatic rings. The zero-order valence-electron chi connectivity index (χ0n) is 29.7. The van der Waals surface area contributed by atoms with E-state index in [0.29, 0.717) is 16.7 Å². The van der Waals surface area contributed by atoms with Crippen molar-refractivity contribution in [2.75, 3.05) is 6.61 Å². The minimum atomic E-state index is -2.10. The zero-order chi connectivity index (χ0) is 37.5. The van der Waals surface area contributed by atoms with Crippen LogP contribution in [0.25, 0.3) is 6.08 Å². The van der Waals surface area contributed by atoms with E-state index in [-0.39, 0.29) is 30.1 Å². The Kier molecular flexibility index (Phi) is 9.52. The van der Waals surface area contributed by atoms with Crippen LogP contribution in [0, 0.1) is 29.6 Å². The fourth-order valence-corrected chi connectivity index (χ4v) is 9.42. The molecule has 276 valence electrons. The van der Waals surface area contributed by atoms with Gasteiger partial charge in [0.05, 0.1) is 18.1 Å². The number of aliphatic hydroxyl groups is 6. The van der Waals surface area contributed by atoms with Crippen molar-refractivity contribution in [3.63, 3.8) is 0 Å². The summed E-state index contributed by atoms with van der Waals surface area (Å²) in [6, 6.07) is 1.48. The van der Waals surface area contributed by atoms with Crippen molar-refractivity contribution in [2.45, 2.75) is 122 Å². The molecule has 0 spiro atoms. The molecular weight excluding hydrogens is 652 g/mol. The third-order valence-electron chi connectivity index (χ3n) is 12.2. The number of aliphatic hydroxyl groups excluding tert-OH is 5. The zero-order valence-corrected chi connectivity index (χ0v) is 29.7. The molecule has 50 heavy (non-hydrogen) atoms. The van der Waals surface area contributed by atoms with Crippen LogP contribution in [0.1, 0.15) is 78.0 Å². The molecule has 13 nitrogen and oxygen atoms in total.